The SMILES string of the molecule is Cc1ccc(C)c(CN2C(=O)CNC(=O)C2CC(C)C)c1. The summed E-state index contributed by atoms with van der Waals surface area (Å²) in [5, 5.41) is 2.70. The average molecular weight is 288 g/mol. The third-order valence-corrected chi connectivity index (χ3v) is 3.95. The van der Waals surface area contributed by atoms with Crippen LogP contribution in [0, 0.1) is 19.8 Å². The molecule has 4 heteroatoms. The van der Waals surface area contributed by atoms with E-state index in [0.29, 0.717) is 18.9 Å². The molecule has 2 amide bonds. The molecular weight excluding hydrogens is 264 g/mol. The second kappa shape index (κ2) is 6.29. The van der Waals surface area contributed by atoms with Crippen molar-refractivity contribution in [2.75, 3.05) is 6.54 Å². The van der Waals surface area contributed by atoms with Crippen LogP contribution in [0.1, 0.15) is 37.0 Å². The van der Waals surface area contributed by atoms with E-state index < -0.39 is 0 Å². The van der Waals surface area contributed by atoms with Gasteiger partial charge in [0.05, 0.1) is 6.54 Å². The van der Waals surface area contributed by atoms with Gasteiger partial charge in [-0.25, -0.2) is 0 Å². The van der Waals surface area contributed by atoms with Gasteiger partial charge < -0.3 is 10.2 Å². The van der Waals surface area contributed by atoms with Gasteiger partial charge in [-0.3, -0.25) is 9.59 Å². The fraction of sp³-hybridized carbons (Fsp3) is 0.529. The number of carbonyl (C=O) groups is 2. The predicted molar refractivity (Wildman–Crippen MR) is 82.7 cm³/mol. The maximum atomic E-state index is 12.2. The lowest BCUT2D eigenvalue weighted by atomic mass is 9.98. The van der Waals surface area contributed by atoms with Crippen molar-refractivity contribution in [1.29, 1.82) is 0 Å². The molecule has 1 aromatic rings. The fourth-order valence-corrected chi connectivity index (χ4v) is 2.73. The molecule has 0 saturated carbocycles. The molecule has 0 aromatic heterocycles. The minimum atomic E-state index is -0.355. The minimum Gasteiger partial charge on any atom is -0.345 e. The minimum absolute atomic E-state index is 0.00107. The van der Waals surface area contributed by atoms with E-state index in [0.717, 1.165) is 11.1 Å². The van der Waals surface area contributed by atoms with E-state index >= 15 is 0 Å². The smallest absolute Gasteiger partial charge is 0.243 e. The molecule has 1 atom stereocenters. The maximum Gasteiger partial charge on any atom is 0.243 e. The molecule has 1 N–H and O–H groups in total. The number of nitrogens with one attached hydrogen (secondary N) is 1. The Hall–Kier alpha value is -1.84. The summed E-state index contributed by atoms with van der Waals surface area (Å²) < 4.78 is 0. The normalized spacial score (nSPS) is 19.1. The van der Waals surface area contributed by atoms with Crippen LogP contribution in [0.4, 0.5) is 0 Å². The summed E-state index contributed by atoms with van der Waals surface area (Å²) in [6, 6.07) is 5.87. The molecule has 1 unspecified atom stereocenters. The summed E-state index contributed by atoms with van der Waals surface area (Å²) in [6.45, 7) is 8.85. The van der Waals surface area contributed by atoms with Crippen molar-refractivity contribution in [1.82, 2.24) is 10.2 Å². The number of hydrogen-bond acceptors (Lipinski definition) is 2. The van der Waals surface area contributed by atoms with Crippen LogP contribution in [0.5, 0.6) is 0 Å². The van der Waals surface area contributed by atoms with E-state index in [1.807, 2.05) is 13.8 Å². The number of piperazine rings is 1. The molecule has 1 aliphatic rings. The van der Waals surface area contributed by atoms with Crippen LogP contribution in [-0.2, 0) is 16.1 Å². The summed E-state index contributed by atoms with van der Waals surface area (Å²) in [5.41, 5.74) is 3.44. The zero-order chi connectivity index (χ0) is 15.6. The Bertz CT molecular complexity index is 552. The first-order valence-electron chi connectivity index (χ1n) is 7.51. The highest BCUT2D eigenvalue weighted by Crippen LogP contribution is 2.20. The molecule has 1 aliphatic heterocycles. The van der Waals surface area contributed by atoms with Crippen LogP contribution in [-0.4, -0.2) is 29.3 Å². The molecule has 1 fully saturated rings. The number of nitrogens with zero attached hydrogens (tertiary/aromatic N) is 1. The van der Waals surface area contributed by atoms with Crippen molar-refractivity contribution in [3.8, 4) is 0 Å². The van der Waals surface area contributed by atoms with Gasteiger partial charge in [0.15, 0.2) is 0 Å². The standard InChI is InChI=1S/C17H24N2O2/c1-11(2)7-15-17(21)18-9-16(20)19(15)10-14-8-12(3)5-6-13(14)4/h5-6,8,11,15H,7,9-10H2,1-4H3,(H,18,21). The fourth-order valence-electron chi connectivity index (χ4n) is 2.73. The lowest BCUT2D eigenvalue weighted by Gasteiger charge is -2.36. The van der Waals surface area contributed by atoms with Gasteiger partial charge in [0.2, 0.25) is 11.8 Å². The van der Waals surface area contributed by atoms with E-state index in [9.17, 15) is 9.59 Å². The molecule has 21 heavy (non-hydrogen) atoms. The number of rotatable bonds is 4. The number of aryl methyl sites for hydroxylation is 2. The first-order chi connectivity index (χ1) is 9.88. The highest BCUT2D eigenvalue weighted by molar-refractivity contribution is 5.94. The number of amides is 2. The first-order valence-corrected chi connectivity index (χ1v) is 7.51. The molecular formula is C17H24N2O2. The van der Waals surface area contributed by atoms with Crippen molar-refractivity contribution in [2.24, 2.45) is 5.92 Å². The van der Waals surface area contributed by atoms with Crippen molar-refractivity contribution in [3.05, 3.63) is 34.9 Å². The summed E-state index contributed by atoms with van der Waals surface area (Å²) in [5.74, 6) is 0.336. The molecule has 0 aliphatic carbocycles. The lowest BCUT2D eigenvalue weighted by molar-refractivity contribution is -0.146. The van der Waals surface area contributed by atoms with Gasteiger partial charge in [-0.05, 0) is 37.3 Å². The van der Waals surface area contributed by atoms with Gasteiger partial charge in [-0.1, -0.05) is 37.6 Å². The summed E-state index contributed by atoms with van der Waals surface area (Å²) in [7, 11) is 0. The summed E-state index contributed by atoms with van der Waals surface area (Å²) >= 11 is 0. The van der Waals surface area contributed by atoms with Crippen LogP contribution >= 0.6 is 0 Å². The quantitative estimate of drug-likeness (QED) is 0.923. The highest BCUT2D eigenvalue weighted by Gasteiger charge is 2.34. The highest BCUT2D eigenvalue weighted by atomic mass is 16.2. The zero-order valence-corrected chi connectivity index (χ0v) is 13.3. The monoisotopic (exact) mass is 288 g/mol. The number of hydrogen-bond donors (Lipinski definition) is 1. The Morgan fingerprint density at radius 2 is 2.00 bits per heavy atom. The van der Waals surface area contributed by atoms with Gasteiger partial charge in [-0.15, -0.1) is 0 Å². The van der Waals surface area contributed by atoms with Crippen molar-refractivity contribution >= 4 is 11.8 Å². The van der Waals surface area contributed by atoms with E-state index in [1.165, 1.54) is 5.56 Å². The van der Waals surface area contributed by atoms with Crippen LogP contribution in [0.25, 0.3) is 0 Å². The third kappa shape index (κ3) is 3.63. The Morgan fingerprint density at radius 3 is 2.67 bits per heavy atom. The van der Waals surface area contributed by atoms with Gasteiger partial charge in [0.1, 0.15) is 6.04 Å². The Morgan fingerprint density at radius 1 is 1.29 bits per heavy atom. The van der Waals surface area contributed by atoms with Gasteiger partial charge in [0, 0.05) is 6.54 Å². The van der Waals surface area contributed by atoms with Crippen LogP contribution in [0.3, 0.4) is 0 Å². The topological polar surface area (TPSA) is 49.4 Å². The van der Waals surface area contributed by atoms with E-state index in [2.05, 4.69) is 37.4 Å². The maximum absolute atomic E-state index is 12.2. The number of carbonyl (C=O) groups excluding carboxylic acids is 2. The summed E-state index contributed by atoms with van der Waals surface area (Å²) in [6.07, 6.45) is 0.697. The molecule has 2 rings (SSSR count). The second-order valence-corrected chi connectivity index (χ2v) is 6.31. The molecule has 1 aromatic carbocycles. The van der Waals surface area contributed by atoms with Gasteiger partial charge in [-0.2, -0.15) is 0 Å². The van der Waals surface area contributed by atoms with Crippen LogP contribution < -0.4 is 5.32 Å². The number of benzene rings is 1. The Labute approximate surface area is 126 Å². The van der Waals surface area contributed by atoms with Crippen molar-refractivity contribution in [3.63, 3.8) is 0 Å². The molecule has 4 nitrogen and oxygen atoms in total. The Balaban J connectivity index is 2.26. The molecule has 0 radical (unpaired) electrons. The van der Waals surface area contributed by atoms with E-state index in [1.54, 1.807) is 4.90 Å². The second-order valence-electron chi connectivity index (χ2n) is 6.31. The summed E-state index contributed by atoms with van der Waals surface area (Å²) in [4.78, 5) is 26.1. The Kier molecular flexibility index (Phi) is 4.66. The molecule has 114 valence electrons. The van der Waals surface area contributed by atoms with Crippen molar-refractivity contribution < 1.29 is 9.59 Å². The molecule has 0 spiro atoms. The van der Waals surface area contributed by atoms with E-state index in [-0.39, 0.29) is 24.4 Å². The average Bonchev–Trinajstić information content (AvgIpc) is 2.41. The lowest BCUT2D eigenvalue weighted by Crippen LogP contribution is -2.58. The van der Waals surface area contributed by atoms with Crippen LogP contribution in [0.15, 0.2) is 18.2 Å². The van der Waals surface area contributed by atoms with Crippen LogP contribution in [0.2, 0.25) is 0 Å². The van der Waals surface area contributed by atoms with E-state index in [4.69, 9.17) is 0 Å². The van der Waals surface area contributed by atoms with Crippen molar-refractivity contribution in [2.45, 2.75) is 46.7 Å². The third-order valence-electron chi connectivity index (χ3n) is 3.95. The largest absolute Gasteiger partial charge is 0.345 e. The van der Waals surface area contributed by atoms with Gasteiger partial charge >= 0.3 is 0 Å². The molecule has 1 heterocycles. The molecule has 0 bridgehead atoms. The molecule has 1 saturated heterocycles. The first kappa shape index (κ1) is 15.5. The zero-order valence-electron chi connectivity index (χ0n) is 13.3. The van der Waals surface area contributed by atoms with Gasteiger partial charge in [0.25, 0.3) is 0 Å². The predicted octanol–water partition coefficient (Wildman–Crippen LogP) is 2.18.